The molecule has 1 heterocycles. The molecule has 1 aromatic carbocycles. The van der Waals surface area contributed by atoms with E-state index in [1.807, 2.05) is 32.9 Å². The van der Waals surface area contributed by atoms with Crippen molar-refractivity contribution in [2.75, 3.05) is 0 Å². The number of aryl methyl sites for hydroxylation is 3. The highest BCUT2D eigenvalue weighted by molar-refractivity contribution is 5.97. The number of fused-ring (bicyclic) bond motifs is 1. The zero-order valence-electron chi connectivity index (χ0n) is 10.3. The molecule has 0 spiro atoms. The van der Waals surface area contributed by atoms with Gasteiger partial charge in [-0.2, -0.15) is 0 Å². The molecule has 0 aliphatic rings. The van der Waals surface area contributed by atoms with Crippen molar-refractivity contribution >= 4 is 16.6 Å². The second-order valence-electron chi connectivity index (χ2n) is 4.32. The Morgan fingerprint density at radius 2 is 2.06 bits per heavy atom. The molecule has 2 aromatic rings. The summed E-state index contributed by atoms with van der Waals surface area (Å²) < 4.78 is 1.77. The summed E-state index contributed by atoms with van der Waals surface area (Å²) in [4.78, 5) is 10.8. The maximum Gasteiger partial charge on any atom is 0.222 e. The first kappa shape index (κ1) is 11.6. The van der Waals surface area contributed by atoms with Crippen molar-refractivity contribution in [3.8, 4) is 5.88 Å². The van der Waals surface area contributed by atoms with Crippen molar-refractivity contribution in [2.45, 2.75) is 33.7 Å². The van der Waals surface area contributed by atoms with Gasteiger partial charge in [-0.3, -0.25) is 0 Å². The van der Waals surface area contributed by atoms with Crippen molar-refractivity contribution in [3.63, 3.8) is 0 Å². The van der Waals surface area contributed by atoms with Crippen LogP contribution in [0.4, 0.5) is 5.69 Å². The first-order valence-electron chi connectivity index (χ1n) is 5.76. The molecule has 0 aliphatic carbocycles. The minimum absolute atomic E-state index is 0.0226. The SMILES string of the molecule is CCCn1c(O)c(N=O)c2ccc(C)c(C)c21. The minimum Gasteiger partial charge on any atom is -0.493 e. The third-order valence-corrected chi connectivity index (χ3v) is 3.23. The molecule has 90 valence electrons. The quantitative estimate of drug-likeness (QED) is 0.819. The zero-order chi connectivity index (χ0) is 12.6. The molecular formula is C13H16N2O2. The van der Waals surface area contributed by atoms with Crippen LogP contribution in [0.5, 0.6) is 5.88 Å². The monoisotopic (exact) mass is 232 g/mol. The van der Waals surface area contributed by atoms with Crippen molar-refractivity contribution in [1.82, 2.24) is 4.57 Å². The van der Waals surface area contributed by atoms with E-state index in [4.69, 9.17) is 0 Å². The van der Waals surface area contributed by atoms with E-state index in [0.29, 0.717) is 6.54 Å². The van der Waals surface area contributed by atoms with Crippen LogP contribution in [-0.2, 0) is 6.54 Å². The summed E-state index contributed by atoms with van der Waals surface area (Å²) in [6.45, 7) is 6.73. The Labute approximate surface area is 99.8 Å². The molecule has 0 saturated carbocycles. The van der Waals surface area contributed by atoms with Crippen LogP contribution < -0.4 is 0 Å². The molecule has 0 radical (unpaired) electrons. The van der Waals surface area contributed by atoms with Gasteiger partial charge >= 0.3 is 0 Å². The standard InChI is InChI=1S/C13H16N2O2/c1-4-7-15-12-9(3)8(2)5-6-10(12)11(14-17)13(15)16/h5-6,16H,4,7H2,1-3H3. The normalized spacial score (nSPS) is 11.0. The van der Waals surface area contributed by atoms with Gasteiger partial charge in [0, 0.05) is 11.9 Å². The number of nitroso groups, excluding NO2 is 1. The van der Waals surface area contributed by atoms with Gasteiger partial charge in [-0.15, -0.1) is 4.91 Å². The van der Waals surface area contributed by atoms with Crippen LogP contribution in [0.3, 0.4) is 0 Å². The van der Waals surface area contributed by atoms with Crippen LogP contribution in [0.15, 0.2) is 17.3 Å². The third kappa shape index (κ3) is 1.60. The van der Waals surface area contributed by atoms with Crippen molar-refractivity contribution in [1.29, 1.82) is 0 Å². The van der Waals surface area contributed by atoms with Crippen LogP contribution >= 0.6 is 0 Å². The van der Waals surface area contributed by atoms with Crippen molar-refractivity contribution in [2.24, 2.45) is 5.18 Å². The maximum absolute atomic E-state index is 10.8. The Balaban J connectivity index is 2.91. The van der Waals surface area contributed by atoms with Crippen LogP contribution in [0.1, 0.15) is 24.5 Å². The second kappa shape index (κ2) is 4.20. The van der Waals surface area contributed by atoms with E-state index < -0.39 is 0 Å². The molecule has 4 heteroatoms. The predicted octanol–water partition coefficient (Wildman–Crippen LogP) is 3.77. The van der Waals surface area contributed by atoms with E-state index in [0.717, 1.165) is 28.5 Å². The smallest absolute Gasteiger partial charge is 0.222 e. The minimum atomic E-state index is -0.0226. The van der Waals surface area contributed by atoms with Crippen molar-refractivity contribution < 1.29 is 5.11 Å². The number of benzene rings is 1. The Bertz CT molecular complexity index is 585. The third-order valence-electron chi connectivity index (χ3n) is 3.23. The lowest BCUT2D eigenvalue weighted by Gasteiger charge is -2.08. The Morgan fingerprint density at radius 1 is 1.35 bits per heavy atom. The lowest BCUT2D eigenvalue weighted by molar-refractivity contribution is 0.421. The molecule has 0 saturated heterocycles. The highest BCUT2D eigenvalue weighted by Gasteiger charge is 2.18. The molecule has 4 nitrogen and oxygen atoms in total. The van der Waals surface area contributed by atoms with Crippen LogP contribution in [0.25, 0.3) is 10.9 Å². The first-order valence-corrected chi connectivity index (χ1v) is 5.76. The first-order chi connectivity index (χ1) is 8.11. The lowest BCUT2D eigenvalue weighted by atomic mass is 10.1. The number of hydrogen-bond donors (Lipinski definition) is 1. The van der Waals surface area contributed by atoms with Gasteiger partial charge in [-0.1, -0.05) is 19.1 Å². The summed E-state index contributed by atoms with van der Waals surface area (Å²) in [6.07, 6.45) is 0.892. The van der Waals surface area contributed by atoms with E-state index in [1.165, 1.54) is 0 Å². The summed E-state index contributed by atoms with van der Waals surface area (Å²) in [5.74, 6) is -0.0226. The van der Waals surface area contributed by atoms with E-state index >= 15 is 0 Å². The number of aromatic hydroxyl groups is 1. The summed E-state index contributed by atoms with van der Waals surface area (Å²) >= 11 is 0. The average Bonchev–Trinajstić information content (AvgIpc) is 2.58. The van der Waals surface area contributed by atoms with Gasteiger partial charge < -0.3 is 9.67 Å². The van der Waals surface area contributed by atoms with E-state index in [9.17, 15) is 10.0 Å². The largest absolute Gasteiger partial charge is 0.493 e. The zero-order valence-corrected chi connectivity index (χ0v) is 10.3. The highest BCUT2D eigenvalue weighted by atomic mass is 16.3. The molecule has 0 aliphatic heterocycles. The number of nitrogens with zero attached hydrogens (tertiary/aromatic N) is 2. The van der Waals surface area contributed by atoms with E-state index in [1.54, 1.807) is 4.57 Å². The van der Waals surface area contributed by atoms with Gasteiger partial charge in [0.15, 0.2) is 5.69 Å². The molecule has 17 heavy (non-hydrogen) atoms. The summed E-state index contributed by atoms with van der Waals surface area (Å²) in [6, 6.07) is 3.79. The van der Waals surface area contributed by atoms with Gasteiger partial charge in [-0.25, -0.2) is 0 Å². The molecule has 1 aromatic heterocycles. The Hall–Kier alpha value is -1.84. The topological polar surface area (TPSA) is 54.6 Å². The molecule has 1 N–H and O–H groups in total. The summed E-state index contributed by atoms with van der Waals surface area (Å²) in [7, 11) is 0. The number of aromatic nitrogens is 1. The second-order valence-corrected chi connectivity index (χ2v) is 4.32. The van der Waals surface area contributed by atoms with Crippen LogP contribution in [0.2, 0.25) is 0 Å². The summed E-state index contributed by atoms with van der Waals surface area (Å²) in [5.41, 5.74) is 3.29. The molecular weight excluding hydrogens is 216 g/mol. The maximum atomic E-state index is 10.8. The highest BCUT2D eigenvalue weighted by Crippen LogP contribution is 2.40. The average molecular weight is 232 g/mol. The van der Waals surface area contributed by atoms with E-state index in [-0.39, 0.29) is 11.6 Å². The van der Waals surface area contributed by atoms with Gasteiger partial charge in [0.2, 0.25) is 5.88 Å². The molecule has 0 atom stereocenters. The predicted molar refractivity (Wildman–Crippen MR) is 68.8 cm³/mol. The lowest BCUT2D eigenvalue weighted by Crippen LogP contribution is -1.97. The molecule has 2 rings (SSSR count). The fourth-order valence-corrected chi connectivity index (χ4v) is 2.23. The van der Waals surface area contributed by atoms with Crippen LogP contribution in [0, 0.1) is 18.8 Å². The fraction of sp³-hybridized carbons (Fsp3) is 0.385. The molecule has 0 unspecified atom stereocenters. The van der Waals surface area contributed by atoms with Gasteiger partial charge in [-0.05, 0) is 36.6 Å². The van der Waals surface area contributed by atoms with Gasteiger partial charge in [0.05, 0.1) is 5.52 Å². The molecule has 0 bridgehead atoms. The van der Waals surface area contributed by atoms with Crippen LogP contribution in [-0.4, -0.2) is 9.67 Å². The van der Waals surface area contributed by atoms with Crippen molar-refractivity contribution in [3.05, 3.63) is 28.2 Å². The Kier molecular flexibility index (Phi) is 2.88. The van der Waals surface area contributed by atoms with Gasteiger partial charge in [0.1, 0.15) is 0 Å². The Morgan fingerprint density at radius 3 is 2.65 bits per heavy atom. The van der Waals surface area contributed by atoms with Gasteiger partial charge in [0.25, 0.3) is 0 Å². The summed E-state index contributed by atoms with van der Waals surface area (Å²) in [5, 5.41) is 13.7. The fourth-order valence-electron chi connectivity index (χ4n) is 2.23. The molecule has 0 fully saturated rings. The van der Waals surface area contributed by atoms with E-state index in [2.05, 4.69) is 5.18 Å². The number of hydrogen-bond acceptors (Lipinski definition) is 3. The number of rotatable bonds is 3. The molecule has 0 amide bonds.